The number of hydrogen-bond donors (Lipinski definition) is 2. The highest BCUT2D eigenvalue weighted by molar-refractivity contribution is 7.98. The van der Waals surface area contributed by atoms with Gasteiger partial charge in [-0.25, -0.2) is 4.79 Å². The van der Waals surface area contributed by atoms with E-state index in [9.17, 15) is 4.79 Å². The van der Waals surface area contributed by atoms with E-state index in [0.717, 1.165) is 23.4 Å². The van der Waals surface area contributed by atoms with Crippen molar-refractivity contribution in [3.63, 3.8) is 0 Å². The van der Waals surface area contributed by atoms with E-state index in [-0.39, 0.29) is 18.5 Å². The predicted octanol–water partition coefficient (Wildman–Crippen LogP) is 5.51. The topological polar surface area (TPSA) is 54.1 Å². The minimum Gasteiger partial charge on any atom is -0.458 e. The Balaban J connectivity index is 1.61. The fourth-order valence-electron chi connectivity index (χ4n) is 3.15. The van der Waals surface area contributed by atoms with Crippen LogP contribution in [0.1, 0.15) is 30.7 Å². The van der Waals surface area contributed by atoms with Gasteiger partial charge in [0.05, 0.1) is 5.69 Å². The highest BCUT2D eigenvalue weighted by Crippen LogP contribution is 2.20. The van der Waals surface area contributed by atoms with E-state index < -0.39 is 6.04 Å². The number of carbonyl (C=O) groups is 1. The van der Waals surface area contributed by atoms with Crippen molar-refractivity contribution >= 4 is 23.4 Å². The molecule has 0 fully saturated rings. The average Bonchev–Trinajstić information content (AvgIpc) is 3.18. The first-order valence-electron chi connectivity index (χ1n) is 9.83. The first-order chi connectivity index (χ1) is 14.1. The number of ether oxygens (including phenoxy) is 1. The van der Waals surface area contributed by atoms with Crippen LogP contribution in [0.2, 0.25) is 0 Å². The van der Waals surface area contributed by atoms with Crippen molar-refractivity contribution in [2.45, 2.75) is 37.8 Å². The van der Waals surface area contributed by atoms with Gasteiger partial charge < -0.3 is 15.0 Å². The molecule has 1 atom stereocenters. The van der Waals surface area contributed by atoms with Gasteiger partial charge in [0.2, 0.25) is 0 Å². The molecule has 0 aliphatic carbocycles. The smallest absolute Gasteiger partial charge is 0.329 e. The summed E-state index contributed by atoms with van der Waals surface area (Å²) in [4.78, 5) is 17.2. The predicted molar refractivity (Wildman–Crippen MR) is 120 cm³/mol. The summed E-state index contributed by atoms with van der Waals surface area (Å²) < 4.78 is 5.67. The van der Waals surface area contributed by atoms with Crippen molar-refractivity contribution in [2.75, 3.05) is 11.6 Å². The van der Waals surface area contributed by atoms with Gasteiger partial charge in [0, 0.05) is 16.8 Å². The van der Waals surface area contributed by atoms with Gasteiger partial charge in [-0.3, -0.25) is 0 Å². The van der Waals surface area contributed by atoms with E-state index in [0.29, 0.717) is 0 Å². The number of aromatic nitrogens is 1. The van der Waals surface area contributed by atoms with Crippen molar-refractivity contribution < 1.29 is 9.53 Å². The molecule has 0 bridgehead atoms. The first kappa shape index (κ1) is 21.1. The van der Waals surface area contributed by atoms with Gasteiger partial charge in [-0.15, -0.1) is 11.8 Å². The molecular formula is C24H28N2O2S. The quantitative estimate of drug-likeness (QED) is 0.362. The Hall–Kier alpha value is -2.66. The van der Waals surface area contributed by atoms with E-state index in [4.69, 9.17) is 4.74 Å². The van der Waals surface area contributed by atoms with Crippen LogP contribution in [0, 0.1) is 5.92 Å². The highest BCUT2D eigenvalue weighted by Gasteiger charge is 2.24. The number of carbonyl (C=O) groups excluding carboxylic acids is 1. The van der Waals surface area contributed by atoms with E-state index in [1.807, 2.05) is 74.8 Å². The lowest BCUT2D eigenvalue weighted by Gasteiger charge is -2.22. The fourth-order valence-corrected chi connectivity index (χ4v) is 3.56. The highest BCUT2D eigenvalue weighted by atomic mass is 32.2. The second-order valence-electron chi connectivity index (χ2n) is 7.35. The molecule has 0 aliphatic heterocycles. The lowest BCUT2D eigenvalue weighted by atomic mass is 10.0. The number of rotatable bonds is 9. The molecule has 1 aromatic heterocycles. The zero-order chi connectivity index (χ0) is 20.6. The molecule has 152 valence electrons. The molecule has 0 radical (unpaired) electrons. The molecule has 0 aliphatic rings. The summed E-state index contributed by atoms with van der Waals surface area (Å²) in [6, 6.07) is 20.0. The van der Waals surface area contributed by atoms with Crippen LogP contribution < -0.4 is 5.32 Å². The lowest BCUT2D eigenvalue weighted by molar-refractivity contribution is -0.147. The molecule has 4 nitrogen and oxygen atoms in total. The standard InChI is InChI=1S/C24H28N2O2S/c1-17(2)23(26-20-9-11-21(29-3)12-10-20)24(27)28-16-22-19(13-14-25-22)15-18-7-5-4-6-8-18/h4-14,17,23,25-26H,15-16H2,1-3H3. The van der Waals surface area contributed by atoms with Crippen LogP contribution in [0.3, 0.4) is 0 Å². The van der Waals surface area contributed by atoms with Gasteiger partial charge in [-0.2, -0.15) is 0 Å². The largest absolute Gasteiger partial charge is 0.458 e. The van der Waals surface area contributed by atoms with Gasteiger partial charge in [-0.05, 0) is 60.1 Å². The van der Waals surface area contributed by atoms with E-state index in [1.165, 1.54) is 10.5 Å². The molecule has 3 rings (SSSR count). The van der Waals surface area contributed by atoms with Crippen LogP contribution in [-0.2, 0) is 22.6 Å². The summed E-state index contributed by atoms with van der Waals surface area (Å²) in [6.07, 6.45) is 4.75. The summed E-state index contributed by atoms with van der Waals surface area (Å²) in [6.45, 7) is 4.28. The van der Waals surface area contributed by atoms with Crippen LogP contribution in [0.4, 0.5) is 5.69 Å². The van der Waals surface area contributed by atoms with Crippen LogP contribution in [-0.4, -0.2) is 23.3 Å². The van der Waals surface area contributed by atoms with Crippen LogP contribution in [0.15, 0.2) is 71.8 Å². The first-order valence-corrected chi connectivity index (χ1v) is 11.1. The summed E-state index contributed by atoms with van der Waals surface area (Å²) in [5.41, 5.74) is 4.23. The van der Waals surface area contributed by atoms with Gasteiger partial charge in [-0.1, -0.05) is 44.2 Å². The Morgan fingerprint density at radius 1 is 1.07 bits per heavy atom. The molecule has 1 heterocycles. The Bertz CT molecular complexity index is 904. The number of aromatic amines is 1. The monoisotopic (exact) mass is 408 g/mol. The Morgan fingerprint density at radius 2 is 1.79 bits per heavy atom. The number of benzene rings is 2. The van der Waals surface area contributed by atoms with Crippen molar-refractivity contribution in [1.82, 2.24) is 4.98 Å². The van der Waals surface area contributed by atoms with Crippen molar-refractivity contribution in [2.24, 2.45) is 5.92 Å². The molecule has 0 spiro atoms. The molecule has 0 saturated heterocycles. The third-order valence-electron chi connectivity index (χ3n) is 4.86. The third-order valence-corrected chi connectivity index (χ3v) is 5.60. The van der Waals surface area contributed by atoms with Gasteiger partial charge in [0.15, 0.2) is 0 Å². The molecule has 2 aromatic carbocycles. The number of nitrogens with one attached hydrogen (secondary N) is 2. The van der Waals surface area contributed by atoms with Crippen molar-refractivity contribution in [3.05, 3.63) is 83.7 Å². The second kappa shape index (κ2) is 10.2. The Labute approximate surface area is 177 Å². The molecule has 5 heteroatoms. The minimum absolute atomic E-state index is 0.107. The average molecular weight is 409 g/mol. The number of hydrogen-bond acceptors (Lipinski definition) is 4. The number of esters is 1. The van der Waals surface area contributed by atoms with Gasteiger partial charge >= 0.3 is 5.97 Å². The fraction of sp³-hybridized carbons (Fsp3) is 0.292. The Morgan fingerprint density at radius 3 is 2.45 bits per heavy atom. The number of anilines is 1. The van der Waals surface area contributed by atoms with Gasteiger partial charge in [0.25, 0.3) is 0 Å². The zero-order valence-corrected chi connectivity index (χ0v) is 18.0. The maximum Gasteiger partial charge on any atom is 0.329 e. The zero-order valence-electron chi connectivity index (χ0n) is 17.1. The molecule has 29 heavy (non-hydrogen) atoms. The normalized spacial score (nSPS) is 12.0. The maximum atomic E-state index is 12.8. The van der Waals surface area contributed by atoms with Crippen LogP contribution >= 0.6 is 11.8 Å². The molecule has 0 saturated carbocycles. The minimum atomic E-state index is -0.400. The Kier molecular flexibility index (Phi) is 7.42. The summed E-state index contributed by atoms with van der Waals surface area (Å²) >= 11 is 1.69. The lowest BCUT2D eigenvalue weighted by Crippen LogP contribution is -2.36. The van der Waals surface area contributed by atoms with Crippen molar-refractivity contribution in [3.8, 4) is 0 Å². The van der Waals surface area contributed by atoms with E-state index in [2.05, 4.69) is 22.4 Å². The number of H-pyrrole nitrogens is 1. The van der Waals surface area contributed by atoms with E-state index in [1.54, 1.807) is 11.8 Å². The summed E-state index contributed by atoms with van der Waals surface area (Å²) in [5.74, 6) is -0.135. The molecule has 1 unspecified atom stereocenters. The SMILES string of the molecule is CSc1ccc(NC(C(=O)OCc2[nH]ccc2Cc2ccccc2)C(C)C)cc1. The second-order valence-corrected chi connectivity index (χ2v) is 8.23. The molecule has 0 amide bonds. The third kappa shape index (κ3) is 5.91. The maximum absolute atomic E-state index is 12.8. The molecular weight excluding hydrogens is 380 g/mol. The number of thioether (sulfide) groups is 1. The van der Waals surface area contributed by atoms with Crippen LogP contribution in [0.5, 0.6) is 0 Å². The summed E-state index contributed by atoms with van der Waals surface area (Å²) in [7, 11) is 0. The summed E-state index contributed by atoms with van der Waals surface area (Å²) in [5, 5.41) is 3.32. The molecule has 3 aromatic rings. The van der Waals surface area contributed by atoms with E-state index >= 15 is 0 Å². The van der Waals surface area contributed by atoms with Crippen molar-refractivity contribution in [1.29, 1.82) is 0 Å². The molecule has 2 N–H and O–H groups in total. The van der Waals surface area contributed by atoms with Gasteiger partial charge in [0.1, 0.15) is 12.6 Å². The van der Waals surface area contributed by atoms with Crippen LogP contribution in [0.25, 0.3) is 0 Å².